The molecule has 4 rings (SSSR count). The molecular formula is C25H33ClN2O4. The first-order chi connectivity index (χ1) is 15.5. The Morgan fingerprint density at radius 3 is 2.50 bits per heavy atom. The first-order valence-corrected chi connectivity index (χ1v) is 11.8. The van der Waals surface area contributed by atoms with Gasteiger partial charge in [0.2, 0.25) is 0 Å². The van der Waals surface area contributed by atoms with Crippen LogP contribution < -0.4 is 9.47 Å². The highest BCUT2D eigenvalue weighted by atomic mass is 35.5. The van der Waals surface area contributed by atoms with E-state index in [2.05, 4.69) is 21.9 Å². The smallest absolute Gasteiger partial charge is 0.137 e. The molecule has 2 heterocycles. The minimum atomic E-state index is -1.33. The molecule has 0 bridgehead atoms. The predicted octanol–water partition coefficient (Wildman–Crippen LogP) is 3.19. The van der Waals surface area contributed by atoms with Crippen molar-refractivity contribution in [1.29, 1.82) is 0 Å². The maximum absolute atomic E-state index is 11.1. The fraction of sp³-hybridized carbons (Fsp3) is 0.520. The molecule has 2 aromatic carbocycles. The summed E-state index contributed by atoms with van der Waals surface area (Å²) in [6.07, 6.45) is 2.26. The number of likely N-dealkylation sites (tertiary alicyclic amines) is 2. The van der Waals surface area contributed by atoms with Crippen molar-refractivity contribution in [3.63, 3.8) is 0 Å². The van der Waals surface area contributed by atoms with E-state index in [4.69, 9.17) is 21.1 Å². The third kappa shape index (κ3) is 6.36. The van der Waals surface area contributed by atoms with Crippen LogP contribution >= 0.6 is 11.6 Å². The Kier molecular flexibility index (Phi) is 7.92. The molecule has 0 saturated carbocycles. The lowest BCUT2D eigenvalue weighted by Gasteiger charge is -2.42. The van der Waals surface area contributed by atoms with Crippen molar-refractivity contribution in [3.05, 3.63) is 59.1 Å². The first-order valence-electron chi connectivity index (χ1n) is 11.5. The van der Waals surface area contributed by atoms with Crippen molar-refractivity contribution < 1.29 is 19.7 Å². The van der Waals surface area contributed by atoms with Gasteiger partial charge in [-0.3, -0.25) is 9.80 Å². The summed E-state index contributed by atoms with van der Waals surface area (Å²) in [4.78, 5) is 4.59. The van der Waals surface area contributed by atoms with Crippen molar-refractivity contribution in [2.45, 2.75) is 37.5 Å². The van der Waals surface area contributed by atoms with Crippen LogP contribution in [0.4, 0.5) is 0 Å². The number of ether oxygens (including phenoxy) is 2. The Bertz CT molecular complexity index is 859. The first kappa shape index (κ1) is 23.3. The standard InChI is InChI=1S/C25H33ClN2O4/c26-21-4-3-5-23(16-21)32-19-25(30)18-28(13-10-24(25)29)17-20-6-8-22(9-7-20)31-15-14-27-11-1-2-12-27/h3-9,16,24,29-30H,1-2,10-15,17-19H2/t24-,25-/m0/s1. The number of halogens is 1. The van der Waals surface area contributed by atoms with Crippen molar-refractivity contribution in [3.8, 4) is 11.5 Å². The molecule has 2 N–H and O–H groups in total. The van der Waals surface area contributed by atoms with Crippen LogP contribution in [0, 0.1) is 0 Å². The van der Waals surface area contributed by atoms with Gasteiger partial charge in [0, 0.05) is 31.2 Å². The van der Waals surface area contributed by atoms with Crippen LogP contribution in [-0.4, -0.2) is 77.7 Å². The van der Waals surface area contributed by atoms with Gasteiger partial charge in [-0.05, 0) is 68.2 Å². The average molecular weight is 461 g/mol. The van der Waals surface area contributed by atoms with Crippen LogP contribution in [0.5, 0.6) is 11.5 Å². The van der Waals surface area contributed by atoms with Crippen molar-refractivity contribution >= 4 is 11.6 Å². The summed E-state index contributed by atoms with van der Waals surface area (Å²) in [6.45, 7) is 5.82. The molecule has 0 aliphatic carbocycles. The molecule has 6 nitrogen and oxygen atoms in total. The summed E-state index contributed by atoms with van der Waals surface area (Å²) in [7, 11) is 0. The SMILES string of the molecule is O[C@H]1CCN(Cc2ccc(OCCN3CCCC3)cc2)C[C@]1(O)COc1cccc(Cl)c1. The molecule has 7 heteroatoms. The molecule has 0 unspecified atom stereocenters. The Morgan fingerprint density at radius 2 is 1.75 bits per heavy atom. The highest BCUT2D eigenvalue weighted by Crippen LogP contribution is 2.26. The zero-order valence-corrected chi connectivity index (χ0v) is 19.2. The number of hydrogen-bond acceptors (Lipinski definition) is 6. The van der Waals surface area contributed by atoms with Crippen LogP contribution in [0.1, 0.15) is 24.8 Å². The Morgan fingerprint density at radius 1 is 0.969 bits per heavy atom. The molecule has 2 aromatic rings. The van der Waals surface area contributed by atoms with Gasteiger partial charge in [0.05, 0.1) is 6.10 Å². The number of nitrogens with zero attached hydrogens (tertiary/aromatic N) is 2. The zero-order chi connectivity index (χ0) is 22.4. The van der Waals surface area contributed by atoms with E-state index >= 15 is 0 Å². The van der Waals surface area contributed by atoms with Gasteiger partial charge >= 0.3 is 0 Å². The molecule has 32 heavy (non-hydrogen) atoms. The lowest BCUT2D eigenvalue weighted by atomic mass is 9.90. The van der Waals surface area contributed by atoms with E-state index in [1.54, 1.807) is 24.3 Å². The quantitative estimate of drug-likeness (QED) is 0.599. The number of hydrogen-bond donors (Lipinski definition) is 2. The van der Waals surface area contributed by atoms with Crippen molar-refractivity contribution in [2.24, 2.45) is 0 Å². The summed E-state index contributed by atoms with van der Waals surface area (Å²) in [5, 5.41) is 22.1. The predicted molar refractivity (Wildman–Crippen MR) is 125 cm³/mol. The number of aliphatic hydroxyl groups is 2. The van der Waals surface area contributed by atoms with Gasteiger partial charge in [-0.2, -0.15) is 0 Å². The normalized spacial score (nSPS) is 24.5. The van der Waals surface area contributed by atoms with E-state index in [1.807, 2.05) is 12.1 Å². The van der Waals surface area contributed by atoms with Crippen LogP contribution in [0.25, 0.3) is 0 Å². The van der Waals surface area contributed by atoms with E-state index in [0.29, 0.717) is 43.4 Å². The van der Waals surface area contributed by atoms with Crippen molar-refractivity contribution in [2.75, 3.05) is 45.9 Å². The van der Waals surface area contributed by atoms with Crippen LogP contribution in [-0.2, 0) is 6.54 Å². The van der Waals surface area contributed by atoms with Gasteiger partial charge in [-0.15, -0.1) is 0 Å². The van der Waals surface area contributed by atoms with Gasteiger partial charge in [-0.25, -0.2) is 0 Å². The number of β-amino-alcohol motifs (C(OH)–C–C–N with tert-alkyl or cyclic N) is 1. The maximum atomic E-state index is 11.1. The van der Waals surface area contributed by atoms with Crippen molar-refractivity contribution in [1.82, 2.24) is 9.80 Å². The van der Waals surface area contributed by atoms with Gasteiger partial charge in [-0.1, -0.05) is 29.8 Å². The lowest BCUT2D eigenvalue weighted by Crippen LogP contribution is -2.59. The second-order valence-electron chi connectivity index (χ2n) is 8.91. The van der Waals surface area contributed by atoms with E-state index in [1.165, 1.54) is 25.9 Å². The lowest BCUT2D eigenvalue weighted by molar-refractivity contribution is -0.140. The molecule has 2 saturated heterocycles. The van der Waals surface area contributed by atoms with Gasteiger partial charge in [0.15, 0.2) is 0 Å². The third-order valence-electron chi connectivity index (χ3n) is 6.33. The summed E-state index contributed by atoms with van der Waals surface area (Å²) in [5.74, 6) is 1.46. The summed E-state index contributed by atoms with van der Waals surface area (Å²) in [5.41, 5.74) is -0.189. The fourth-order valence-electron chi connectivity index (χ4n) is 4.44. The maximum Gasteiger partial charge on any atom is 0.137 e. The second-order valence-corrected chi connectivity index (χ2v) is 9.34. The number of piperidine rings is 1. The largest absolute Gasteiger partial charge is 0.492 e. The average Bonchev–Trinajstić information content (AvgIpc) is 3.30. The number of benzene rings is 2. The second kappa shape index (κ2) is 10.9. The third-order valence-corrected chi connectivity index (χ3v) is 6.56. The van der Waals surface area contributed by atoms with E-state index in [0.717, 1.165) is 17.9 Å². The molecule has 2 fully saturated rings. The molecule has 2 atom stereocenters. The van der Waals surface area contributed by atoms with E-state index in [-0.39, 0.29) is 6.61 Å². The Balaban J connectivity index is 1.27. The molecule has 2 aliphatic heterocycles. The summed E-state index contributed by atoms with van der Waals surface area (Å²) in [6, 6.07) is 15.2. The van der Waals surface area contributed by atoms with Gasteiger partial charge < -0.3 is 19.7 Å². The summed E-state index contributed by atoms with van der Waals surface area (Å²) < 4.78 is 11.6. The topological polar surface area (TPSA) is 65.4 Å². The molecule has 2 aliphatic rings. The van der Waals surface area contributed by atoms with Crippen LogP contribution in [0.2, 0.25) is 5.02 Å². The number of aliphatic hydroxyl groups excluding tert-OH is 1. The number of rotatable bonds is 9. The molecule has 0 amide bonds. The van der Waals surface area contributed by atoms with Gasteiger partial charge in [0.1, 0.15) is 30.3 Å². The summed E-state index contributed by atoms with van der Waals surface area (Å²) >= 11 is 6.00. The fourth-order valence-corrected chi connectivity index (χ4v) is 4.62. The van der Waals surface area contributed by atoms with Crippen LogP contribution in [0.3, 0.4) is 0 Å². The molecule has 0 aromatic heterocycles. The Hall–Kier alpha value is -1.83. The van der Waals surface area contributed by atoms with Crippen LogP contribution in [0.15, 0.2) is 48.5 Å². The Labute approximate surface area is 195 Å². The highest BCUT2D eigenvalue weighted by molar-refractivity contribution is 6.30. The minimum Gasteiger partial charge on any atom is -0.492 e. The van der Waals surface area contributed by atoms with E-state index in [9.17, 15) is 10.2 Å². The molecule has 174 valence electrons. The molecule has 0 spiro atoms. The highest BCUT2D eigenvalue weighted by Gasteiger charge is 2.42. The zero-order valence-electron chi connectivity index (χ0n) is 18.5. The molecule has 0 radical (unpaired) electrons. The minimum absolute atomic E-state index is 0.00873. The van der Waals surface area contributed by atoms with Gasteiger partial charge in [0.25, 0.3) is 0 Å². The van der Waals surface area contributed by atoms with E-state index < -0.39 is 11.7 Å². The monoisotopic (exact) mass is 460 g/mol. The molecular weight excluding hydrogens is 428 g/mol.